The zero-order valence-corrected chi connectivity index (χ0v) is 15.1. The van der Waals surface area contributed by atoms with Gasteiger partial charge in [0.1, 0.15) is 11.6 Å². The van der Waals surface area contributed by atoms with Crippen LogP contribution >= 0.6 is 11.6 Å². The minimum Gasteiger partial charge on any atom is -0.495 e. The third-order valence-electron chi connectivity index (χ3n) is 4.04. The Kier molecular flexibility index (Phi) is 5.29. The first kappa shape index (κ1) is 18.1. The van der Waals surface area contributed by atoms with Gasteiger partial charge in [-0.1, -0.05) is 29.8 Å². The molecular weight excluding hydrogens is 369 g/mol. The van der Waals surface area contributed by atoms with Crippen molar-refractivity contribution in [2.45, 2.75) is 11.0 Å². The number of halogens is 2. The molecule has 8 heteroatoms. The topological polar surface area (TPSA) is 55.8 Å². The lowest BCUT2D eigenvalue weighted by Crippen LogP contribution is -2.42. The highest BCUT2D eigenvalue weighted by molar-refractivity contribution is 7.89. The molecule has 1 unspecified atom stereocenters. The minimum absolute atomic E-state index is 0.0346. The monoisotopic (exact) mass is 385 g/mol. The predicted molar refractivity (Wildman–Crippen MR) is 91.9 cm³/mol. The molecular formula is C17H17ClFNO4S. The molecule has 2 aromatic carbocycles. The fraction of sp³-hybridized carbons (Fsp3) is 0.294. The molecule has 0 bridgehead atoms. The summed E-state index contributed by atoms with van der Waals surface area (Å²) in [4.78, 5) is 0.0625. The summed E-state index contributed by atoms with van der Waals surface area (Å²) < 4.78 is 51.6. The van der Waals surface area contributed by atoms with E-state index in [1.807, 2.05) is 0 Å². The maximum atomic E-state index is 14.0. The predicted octanol–water partition coefficient (Wildman–Crippen LogP) is 3.25. The summed E-state index contributed by atoms with van der Waals surface area (Å²) in [5, 5.41) is 0.211. The Morgan fingerprint density at radius 1 is 1.28 bits per heavy atom. The molecule has 134 valence electrons. The van der Waals surface area contributed by atoms with Crippen molar-refractivity contribution in [1.82, 2.24) is 4.31 Å². The first-order chi connectivity index (χ1) is 11.9. The Morgan fingerprint density at radius 3 is 2.72 bits per heavy atom. The van der Waals surface area contributed by atoms with Gasteiger partial charge in [0.2, 0.25) is 10.0 Å². The van der Waals surface area contributed by atoms with Crippen molar-refractivity contribution >= 4 is 21.6 Å². The zero-order chi connectivity index (χ0) is 18.0. The van der Waals surface area contributed by atoms with Crippen LogP contribution < -0.4 is 4.74 Å². The molecule has 0 amide bonds. The summed E-state index contributed by atoms with van der Waals surface area (Å²) in [6.45, 7) is 0.409. The summed E-state index contributed by atoms with van der Waals surface area (Å²) in [6, 6.07) is 10.5. The second-order valence-corrected chi connectivity index (χ2v) is 7.89. The number of ether oxygens (including phenoxy) is 2. The number of benzene rings is 2. The fourth-order valence-corrected chi connectivity index (χ4v) is 4.50. The van der Waals surface area contributed by atoms with E-state index in [4.69, 9.17) is 21.1 Å². The van der Waals surface area contributed by atoms with Crippen LogP contribution in [0.4, 0.5) is 4.39 Å². The molecule has 0 aromatic heterocycles. The standard InChI is InChI=1S/C17H17ClFNO4S/c1-23-16-7-6-12(10-14(16)18)25(21,22)20-8-9-24-17(11-20)13-4-2-3-5-15(13)19/h2-7,10,17H,8-9,11H2,1H3. The largest absolute Gasteiger partial charge is 0.495 e. The highest BCUT2D eigenvalue weighted by atomic mass is 35.5. The van der Waals surface area contributed by atoms with Gasteiger partial charge in [-0.25, -0.2) is 12.8 Å². The normalized spacial score (nSPS) is 18.9. The maximum absolute atomic E-state index is 14.0. The van der Waals surface area contributed by atoms with Crippen LogP contribution in [0, 0.1) is 5.82 Å². The van der Waals surface area contributed by atoms with Gasteiger partial charge >= 0.3 is 0 Å². The van der Waals surface area contributed by atoms with Gasteiger partial charge in [-0.05, 0) is 24.3 Å². The lowest BCUT2D eigenvalue weighted by Gasteiger charge is -2.32. The van der Waals surface area contributed by atoms with E-state index in [0.717, 1.165) is 0 Å². The van der Waals surface area contributed by atoms with Crippen molar-refractivity contribution in [1.29, 1.82) is 0 Å². The summed E-state index contributed by atoms with van der Waals surface area (Å²) in [5.74, 6) is -0.0222. The molecule has 0 aliphatic carbocycles. The third-order valence-corrected chi connectivity index (χ3v) is 6.20. The van der Waals surface area contributed by atoms with Crippen LogP contribution in [-0.2, 0) is 14.8 Å². The van der Waals surface area contributed by atoms with Gasteiger partial charge in [-0.3, -0.25) is 0 Å². The molecule has 3 rings (SSSR count). The van der Waals surface area contributed by atoms with Gasteiger partial charge in [0.15, 0.2) is 0 Å². The molecule has 1 fully saturated rings. The number of rotatable bonds is 4. The van der Waals surface area contributed by atoms with E-state index in [2.05, 4.69) is 0 Å². The SMILES string of the molecule is COc1ccc(S(=O)(=O)N2CCOC(c3ccccc3F)C2)cc1Cl. The molecule has 0 spiro atoms. The number of hydrogen-bond acceptors (Lipinski definition) is 4. The summed E-state index contributed by atoms with van der Waals surface area (Å²) in [5.41, 5.74) is 0.343. The summed E-state index contributed by atoms with van der Waals surface area (Å²) in [7, 11) is -2.32. The van der Waals surface area contributed by atoms with E-state index >= 15 is 0 Å². The van der Waals surface area contributed by atoms with E-state index in [0.29, 0.717) is 11.3 Å². The van der Waals surface area contributed by atoms with Crippen molar-refractivity contribution < 1.29 is 22.3 Å². The highest BCUT2D eigenvalue weighted by Crippen LogP contribution is 2.31. The Bertz CT molecular complexity index is 875. The Hall–Kier alpha value is -1.67. The quantitative estimate of drug-likeness (QED) is 0.810. The van der Waals surface area contributed by atoms with E-state index in [9.17, 15) is 12.8 Å². The number of sulfonamides is 1. The number of nitrogens with zero attached hydrogens (tertiary/aromatic N) is 1. The van der Waals surface area contributed by atoms with Crippen LogP contribution in [0.15, 0.2) is 47.4 Å². The average molecular weight is 386 g/mol. The smallest absolute Gasteiger partial charge is 0.243 e. The molecule has 1 atom stereocenters. The Balaban J connectivity index is 1.87. The van der Waals surface area contributed by atoms with Crippen LogP contribution in [0.3, 0.4) is 0 Å². The van der Waals surface area contributed by atoms with Gasteiger partial charge in [0.25, 0.3) is 0 Å². The first-order valence-corrected chi connectivity index (χ1v) is 9.45. The molecule has 2 aromatic rings. The van der Waals surface area contributed by atoms with Crippen molar-refractivity contribution in [2.24, 2.45) is 0 Å². The van der Waals surface area contributed by atoms with Gasteiger partial charge in [-0.2, -0.15) is 4.31 Å². The van der Waals surface area contributed by atoms with Gasteiger partial charge in [0.05, 0.1) is 29.7 Å². The van der Waals surface area contributed by atoms with E-state index in [1.165, 1.54) is 35.7 Å². The molecule has 1 heterocycles. The van der Waals surface area contributed by atoms with Crippen LogP contribution in [0.25, 0.3) is 0 Å². The molecule has 5 nitrogen and oxygen atoms in total. The van der Waals surface area contributed by atoms with Gasteiger partial charge in [-0.15, -0.1) is 0 Å². The van der Waals surface area contributed by atoms with E-state index < -0.39 is 21.9 Å². The average Bonchev–Trinajstić information content (AvgIpc) is 2.62. The molecule has 25 heavy (non-hydrogen) atoms. The van der Waals surface area contributed by atoms with Gasteiger partial charge < -0.3 is 9.47 Å². The van der Waals surface area contributed by atoms with Crippen LogP contribution in [0.5, 0.6) is 5.75 Å². The fourth-order valence-electron chi connectivity index (χ4n) is 2.73. The van der Waals surface area contributed by atoms with Crippen LogP contribution in [0.1, 0.15) is 11.7 Å². The Labute approximate surface area is 151 Å². The molecule has 1 aliphatic rings. The van der Waals surface area contributed by atoms with E-state index in [-0.39, 0.29) is 29.6 Å². The molecule has 0 saturated carbocycles. The van der Waals surface area contributed by atoms with Crippen molar-refractivity contribution in [2.75, 3.05) is 26.8 Å². The number of hydrogen-bond donors (Lipinski definition) is 0. The molecule has 1 aliphatic heterocycles. The summed E-state index contributed by atoms with van der Waals surface area (Å²) in [6.07, 6.45) is -0.654. The van der Waals surface area contributed by atoms with Crippen molar-refractivity contribution in [3.63, 3.8) is 0 Å². The molecule has 0 radical (unpaired) electrons. The molecule has 0 N–H and O–H groups in total. The Morgan fingerprint density at radius 2 is 2.04 bits per heavy atom. The number of morpholine rings is 1. The molecule has 1 saturated heterocycles. The second-order valence-electron chi connectivity index (χ2n) is 5.54. The van der Waals surface area contributed by atoms with Crippen LogP contribution in [-0.4, -0.2) is 39.5 Å². The van der Waals surface area contributed by atoms with Gasteiger partial charge in [0, 0.05) is 18.7 Å². The lowest BCUT2D eigenvalue weighted by molar-refractivity contribution is -0.00442. The highest BCUT2D eigenvalue weighted by Gasteiger charge is 2.32. The second kappa shape index (κ2) is 7.29. The van der Waals surface area contributed by atoms with Crippen LogP contribution in [0.2, 0.25) is 5.02 Å². The lowest BCUT2D eigenvalue weighted by atomic mass is 10.1. The van der Waals surface area contributed by atoms with E-state index in [1.54, 1.807) is 18.2 Å². The minimum atomic E-state index is -3.77. The van der Waals surface area contributed by atoms with Crippen molar-refractivity contribution in [3.8, 4) is 5.75 Å². The maximum Gasteiger partial charge on any atom is 0.243 e. The first-order valence-electron chi connectivity index (χ1n) is 7.63. The summed E-state index contributed by atoms with van der Waals surface area (Å²) >= 11 is 6.04. The third kappa shape index (κ3) is 3.64. The van der Waals surface area contributed by atoms with Crippen molar-refractivity contribution in [3.05, 3.63) is 58.9 Å². The number of methoxy groups -OCH3 is 1. The zero-order valence-electron chi connectivity index (χ0n) is 13.5.